The van der Waals surface area contributed by atoms with Crippen LogP contribution in [-0.4, -0.2) is 36.9 Å². The van der Waals surface area contributed by atoms with Crippen molar-refractivity contribution in [2.75, 3.05) is 19.4 Å². The molecule has 2 aromatic rings. The highest BCUT2D eigenvalue weighted by Gasteiger charge is 2.19. The number of anilines is 1. The maximum absolute atomic E-state index is 12.3. The summed E-state index contributed by atoms with van der Waals surface area (Å²) in [5.74, 6) is 0.137. The van der Waals surface area contributed by atoms with Crippen molar-refractivity contribution < 1.29 is 14.3 Å². The van der Waals surface area contributed by atoms with E-state index in [1.165, 1.54) is 4.90 Å². The first kappa shape index (κ1) is 16.5. The number of para-hydroxylation sites is 2. The monoisotopic (exact) mass is 312 g/mol. The first-order valence-electron chi connectivity index (χ1n) is 7.32. The predicted molar refractivity (Wildman–Crippen MR) is 89.6 cm³/mol. The van der Waals surface area contributed by atoms with Crippen molar-refractivity contribution >= 4 is 17.5 Å². The third-order valence-corrected chi connectivity index (χ3v) is 3.25. The van der Waals surface area contributed by atoms with E-state index in [1.54, 1.807) is 57.4 Å². The summed E-state index contributed by atoms with van der Waals surface area (Å²) in [4.78, 5) is 25.9. The van der Waals surface area contributed by atoms with E-state index in [2.05, 4.69) is 5.32 Å². The van der Waals surface area contributed by atoms with Gasteiger partial charge in [-0.1, -0.05) is 30.3 Å². The predicted octanol–water partition coefficient (Wildman–Crippen LogP) is 2.79. The summed E-state index contributed by atoms with van der Waals surface area (Å²) in [6, 6.07) is 16.0. The Balaban J connectivity index is 2.10. The second-order valence-corrected chi connectivity index (χ2v) is 5.31. The Morgan fingerprint density at radius 1 is 1.00 bits per heavy atom. The van der Waals surface area contributed by atoms with Gasteiger partial charge < -0.3 is 15.0 Å². The van der Waals surface area contributed by atoms with Gasteiger partial charge in [0.1, 0.15) is 5.75 Å². The highest BCUT2D eigenvalue weighted by molar-refractivity contribution is 6.04. The van der Waals surface area contributed by atoms with Gasteiger partial charge in [-0.05, 0) is 31.2 Å². The van der Waals surface area contributed by atoms with E-state index in [0.717, 1.165) is 0 Å². The lowest BCUT2D eigenvalue weighted by molar-refractivity contribution is -0.122. The minimum Gasteiger partial charge on any atom is -0.481 e. The zero-order valence-corrected chi connectivity index (χ0v) is 13.4. The van der Waals surface area contributed by atoms with Crippen LogP contribution in [0.3, 0.4) is 0 Å². The second-order valence-electron chi connectivity index (χ2n) is 5.31. The first-order chi connectivity index (χ1) is 11.0. The lowest BCUT2D eigenvalue weighted by atomic mass is 10.1. The molecule has 0 saturated heterocycles. The highest BCUT2D eigenvalue weighted by atomic mass is 16.5. The minimum atomic E-state index is -0.681. The fourth-order valence-electron chi connectivity index (χ4n) is 2.01. The molecule has 1 unspecified atom stereocenters. The molecule has 0 aromatic heterocycles. The Hall–Kier alpha value is -2.82. The highest BCUT2D eigenvalue weighted by Crippen LogP contribution is 2.18. The molecule has 0 aliphatic carbocycles. The standard InChI is InChI=1S/C18H20N2O3/c1-13(23-14-9-5-4-6-10-14)17(21)19-16-12-8-7-11-15(16)18(22)20(2)3/h4-13H,1-3H3,(H,19,21). The Bertz CT molecular complexity index is 684. The summed E-state index contributed by atoms with van der Waals surface area (Å²) in [6.45, 7) is 1.67. The maximum Gasteiger partial charge on any atom is 0.265 e. The molecule has 2 amide bonds. The van der Waals surface area contributed by atoms with Crippen molar-refractivity contribution in [3.8, 4) is 5.75 Å². The summed E-state index contributed by atoms with van der Waals surface area (Å²) in [5.41, 5.74) is 0.914. The minimum absolute atomic E-state index is 0.169. The zero-order chi connectivity index (χ0) is 16.8. The molecule has 1 N–H and O–H groups in total. The van der Waals surface area contributed by atoms with Gasteiger partial charge in [-0.15, -0.1) is 0 Å². The third-order valence-electron chi connectivity index (χ3n) is 3.25. The number of carbonyl (C=O) groups excluding carboxylic acids is 2. The number of ether oxygens (including phenoxy) is 1. The number of hydrogen-bond donors (Lipinski definition) is 1. The van der Waals surface area contributed by atoms with Gasteiger partial charge in [0.25, 0.3) is 11.8 Å². The van der Waals surface area contributed by atoms with Crippen LogP contribution in [0.1, 0.15) is 17.3 Å². The molecule has 5 nitrogen and oxygen atoms in total. The molecule has 0 aliphatic rings. The van der Waals surface area contributed by atoms with Crippen LogP contribution in [0.2, 0.25) is 0 Å². The number of nitrogens with one attached hydrogen (secondary N) is 1. The molecule has 1 atom stereocenters. The van der Waals surface area contributed by atoms with Crippen LogP contribution in [0.5, 0.6) is 5.75 Å². The Kier molecular flexibility index (Phi) is 5.36. The number of carbonyl (C=O) groups is 2. The molecule has 23 heavy (non-hydrogen) atoms. The van der Waals surface area contributed by atoms with Gasteiger partial charge in [0, 0.05) is 14.1 Å². The van der Waals surface area contributed by atoms with Crippen molar-refractivity contribution in [3.05, 3.63) is 60.2 Å². The fourth-order valence-corrected chi connectivity index (χ4v) is 2.01. The second kappa shape index (κ2) is 7.45. The Labute approximate surface area is 135 Å². The molecular formula is C18H20N2O3. The average molecular weight is 312 g/mol. The molecule has 0 spiro atoms. The average Bonchev–Trinajstić information content (AvgIpc) is 2.55. The molecule has 2 aromatic carbocycles. The number of hydrogen-bond acceptors (Lipinski definition) is 3. The fraction of sp³-hybridized carbons (Fsp3) is 0.222. The van der Waals surface area contributed by atoms with E-state index in [-0.39, 0.29) is 11.8 Å². The molecule has 0 saturated carbocycles. The van der Waals surface area contributed by atoms with E-state index >= 15 is 0 Å². The van der Waals surface area contributed by atoms with Gasteiger partial charge in [-0.3, -0.25) is 9.59 Å². The molecule has 0 radical (unpaired) electrons. The summed E-state index contributed by atoms with van der Waals surface area (Å²) >= 11 is 0. The van der Waals surface area contributed by atoms with E-state index in [4.69, 9.17) is 4.74 Å². The van der Waals surface area contributed by atoms with Crippen LogP contribution in [0.15, 0.2) is 54.6 Å². The quantitative estimate of drug-likeness (QED) is 0.923. The summed E-state index contributed by atoms with van der Waals surface area (Å²) in [7, 11) is 3.34. The molecule has 5 heteroatoms. The smallest absolute Gasteiger partial charge is 0.265 e. The lowest BCUT2D eigenvalue weighted by Gasteiger charge is -2.17. The van der Waals surface area contributed by atoms with Crippen molar-refractivity contribution in [2.45, 2.75) is 13.0 Å². The van der Waals surface area contributed by atoms with Crippen LogP contribution in [0.25, 0.3) is 0 Å². The SMILES string of the molecule is CC(Oc1ccccc1)C(=O)Nc1ccccc1C(=O)N(C)C. The lowest BCUT2D eigenvalue weighted by Crippen LogP contribution is -2.31. The van der Waals surface area contributed by atoms with Gasteiger partial charge in [0.2, 0.25) is 0 Å². The van der Waals surface area contributed by atoms with Crippen LogP contribution >= 0.6 is 0 Å². The molecule has 2 rings (SSSR count). The van der Waals surface area contributed by atoms with Crippen molar-refractivity contribution in [1.29, 1.82) is 0 Å². The van der Waals surface area contributed by atoms with Crippen LogP contribution in [0, 0.1) is 0 Å². The van der Waals surface area contributed by atoms with Gasteiger partial charge >= 0.3 is 0 Å². The number of amides is 2. The van der Waals surface area contributed by atoms with Crippen LogP contribution < -0.4 is 10.1 Å². The van der Waals surface area contributed by atoms with Crippen molar-refractivity contribution in [2.24, 2.45) is 0 Å². The maximum atomic E-state index is 12.3. The van der Waals surface area contributed by atoms with Gasteiger partial charge in [0.15, 0.2) is 6.10 Å². The van der Waals surface area contributed by atoms with Gasteiger partial charge in [0.05, 0.1) is 11.3 Å². The molecule has 0 aliphatic heterocycles. The number of rotatable bonds is 5. The summed E-state index contributed by atoms with van der Waals surface area (Å²) in [6.07, 6.45) is -0.681. The van der Waals surface area contributed by atoms with Crippen molar-refractivity contribution in [3.63, 3.8) is 0 Å². The topological polar surface area (TPSA) is 58.6 Å². The number of benzene rings is 2. The molecule has 0 fully saturated rings. The normalized spacial score (nSPS) is 11.4. The van der Waals surface area contributed by atoms with E-state index < -0.39 is 6.10 Å². The number of nitrogens with zero attached hydrogens (tertiary/aromatic N) is 1. The van der Waals surface area contributed by atoms with E-state index in [1.807, 2.05) is 18.2 Å². The van der Waals surface area contributed by atoms with Crippen LogP contribution in [0.4, 0.5) is 5.69 Å². The van der Waals surface area contributed by atoms with Gasteiger partial charge in [-0.25, -0.2) is 0 Å². The molecule has 0 bridgehead atoms. The molecule has 120 valence electrons. The zero-order valence-electron chi connectivity index (χ0n) is 13.4. The first-order valence-corrected chi connectivity index (χ1v) is 7.32. The third kappa shape index (κ3) is 4.32. The summed E-state index contributed by atoms with van der Waals surface area (Å²) < 4.78 is 5.59. The largest absolute Gasteiger partial charge is 0.481 e. The van der Waals surface area contributed by atoms with E-state index in [9.17, 15) is 9.59 Å². The van der Waals surface area contributed by atoms with Gasteiger partial charge in [-0.2, -0.15) is 0 Å². The Morgan fingerprint density at radius 2 is 1.61 bits per heavy atom. The molecular weight excluding hydrogens is 292 g/mol. The summed E-state index contributed by atoms with van der Waals surface area (Å²) in [5, 5.41) is 2.75. The van der Waals surface area contributed by atoms with Crippen LogP contribution in [-0.2, 0) is 4.79 Å². The Morgan fingerprint density at radius 3 is 2.26 bits per heavy atom. The van der Waals surface area contributed by atoms with E-state index in [0.29, 0.717) is 17.0 Å². The molecule has 0 heterocycles. The van der Waals surface area contributed by atoms with Crippen molar-refractivity contribution in [1.82, 2.24) is 4.90 Å².